The van der Waals surface area contributed by atoms with Crippen molar-refractivity contribution in [3.05, 3.63) is 0 Å². The second-order valence-electron chi connectivity index (χ2n) is 14.1. The van der Waals surface area contributed by atoms with Gasteiger partial charge in [0, 0.05) is 0 Å². The third kappa shape index (κ3) is 30.0. The summed E-state index contributed by atoms with van der Waals surface area (Å²) in [5.41, 5.74) is 0. The van der Waals surface area contributed by atoms with E-state index in [0.29, 0.717) is 18.9 Å². The minimum absolute atomic E-state index is 0.116. The number of nitrogens with zero attached hydrogens (tertiary/aromatic N) is 1. The first-order valence-corrected chi connectivity index (χ1v) is 20.1. The fraction of sp³-hybridized carbons (Fsp3) is 0.950. The van der Waals surface area contributed by atoms with Gasteiger partial charge in [0.2, 0.25) is 0 Å². The van der Waals surface area contributed by atoms with Crippen molar-refractivity contribution in [2.45, 2.75) is 207 Å². The van der Waals surface area contributed by atoms with Gasteiger partial charge >= 0.3 is 11.9 Å². The lowest BCUT2D eigenvalue weighted by atomic mass is 9.94. The first-order valence-electron chi connectivity index (χ1n) is 20.1. The molecule has 0 aliphatic carbocycles. The van der Waals surface area contributed by atoms with Crippen LogP contribution < -0.4 is 0 Å². The number of hydrogen-bond acceptors (Lipinski definition) is 4. The number of carbonyl (C=O) groups is 2. The number of esters is 1. The molecule has 0 rings (SSSR count). The van der Waals surface area contributed by atoms with E-state index in [1.165, 1.54) is 141 Å². The summed E-state index contributed by atoms with van der Waals surface area (Å²) < 4.78 is 5.89. The van der Waals surface area contributed by atoms with Gasteiger partial charge in [0.15, 0.2) is 0 Å². The average Bonchev–Trinajstić information content (AvgIpc) is 3.03. The van der Waals surface area contributed by atoms with Crippen LogP contribution in [0.2, 0.25) is 0 Å². The molecular weight excluding hydrogens is 558 g/mol. The maximum absolute atomic E-state index is 13.1. The zero-order valence-corrected chi connectivity index (χ0v) is 30.9. The largest absolute Gasteiger partial charge is 0.481 e. The highest BCUT2D eigenvalue weighted by Crippen LogP contribution is 2.22. The Labute approximate surface area is 281 Å². The fourth-order valence-electron chi connectivity index (χ4n) is 6.46. The van der Waals surface area contributed by atoms with Gasteiger partial charge in [-0.05, 0) is 64.1 Å². The molecular formula is C40H79NO4. The van der Waals surface area contributed by atoms with Crippen LogP contribution in [-0.2, 0) is 14.3 Å². The number of carbonyl (C=O) groups excluding carboxylic acids is 1. The summed E-state index contributed by atoms with van der Waals surface area (Å²) >= 11 is 0. The molecule has 0 spiro atoms. The molecule has 5 heteroatoms. The first kappa shape index (κ1) is 43.9. The summed E-state index contributed by atoms with van der Waals surface area (Å²) in [5.74, 6) is -1.30. The summed E-state index contributed by atoms with van der Waals surface area (Å²) in [6.07, 6.45) is 33.4. The summed E-state index contributed by atoms with van der Waals surface area (Å²) in [6, 6.07) is 0. The Balaban J connectivity index is 4.62. The van der Waals surface area contributed by atoms with Crippen LogP contribution in [0.1, 0.15) is 207 Å². The van der Waals surface area contributed by atoms with Gasteiger partial charge in [-0.3, -0.25) is 9.59 Å². The lowest BCUT2D eigenvalue weighted by molar-refractivity contribution is -0.154. The molecule has 0 fully saturated rings. The molecule has 0 heterocycles. The van der Waals surface area contributed by atoms with Crippen LogP contribution >= 0.6 is 0 Å². The molecule has 0 amide bonds. The Morgan fingerprint density at radius 3 is 1.31 bits per heavy atom. The molecule has 0 bridgehead atoms. The number of carboxylic acids is 1. The summed E-state index contributed by atoms with van der Waals surface area (Å²) in [6.45, 7) is 12.8. The highest BCUT2D eigenvalue weighted by molar-refractivity contribution is 5.79. The molecule has 0 radical (unpaired) electrons. The van der Waals surface area contributed by atoms with Gasteiger partial charge in [-0.2, -0.15) is 0 Å². The Morgan fingerprint density at radius 2 is 0.889 bits per heavy atom. The van der Waals surface area contributed by atoms with Crippen LogP contribution in [0.3, 0.4) is 0 Å². The number of unbranched alkanes of at least 4 members (excludes halogenated alkanes) is 19. The minimum atomic E-state index is -0.899. The monoisotopic (exact) mass is 638 g/mol. The molecule has 0 aliphatic heterocycles. The third-order valence-corrected chi connectivity index (χ3v) is 9.58. The molecule has 2 unspecified atom stereocenters. The number of aliphatic carboxylic acids is 1. The van der Waals surface area contributed by atoms with Gasteiger partial charge in [-0.25, -0.2) is 0 Å². The van der Waals surface area contributed by atoms with Crippen LogP contribution in [-0.4, -0.2) is 48.2 Å². The molecule has 0 aliphatic rings. The Kier molecular flexibility index (Phi) is 33.4. The van der Waals surface area contributed by atoms with Crippen molar-refractivity contribution in [3.63, 3.8) is 0 Å². The minimum Gasteiger partial charge on any atom is -0.481 e. The van der Waals surface area contributed by atoms with E-state index in [-0.39, 0.29) is 12.4 Å². The molecule has 5 nitrogen and oxygen atoms in total. The molecule has 0 aromatic rings. The summed E-state index contributed by atoms with van der Waals surface area (Å²) in [5, 5.41) is 9.52. The topological polar surface area (TPSA) is 66.8 Å². The van der Waals surface area contributed by atoms with E-state index in [4.69, 9.17) is 4.74 Å². The zero-order valence-electron chi connectivity index (χ0n) is 30.9. The summed E-state index contributed by atoms with van der Waals surface area (Å²) in [4.78, 5) is 27.3. The molecule has 45 heavy (non-hydrogen) atoms. The van der Waals surface area contributed by atoms with Crippen LogP contribution in [0.25, 0.3) is 0 Å². The van der Waals surface area contributed by atoms with Crippen molar-refractivity contribution in [2.24, 2.45) is 11.8 Å². The highest BCUT2D eigenvalue weighted by atomic mass is 16.5. The molecule has 0 saturated heterocycles. The van der Waals surface area contributed by atoms with E-state index in [9.17, 15) is 14.7 Å². The van der Waals surface area contributed by atoms with Gasteiger partial charge < -0.3 is 14.7 Å². The Morgan fingerprint density at radius 1 is 0.511 bits per heavy atom. The van der Waals surface area contributed by atoms with E-state index < -0.39 is 11.9 Å². The fourth-order valence-corrected chi connectivity index (χ4v) is 6.46. The van der Waals surface area contributed by atoms with Crippen molar-refractivity contribution in [1.82, 2.24) is 4.90 Å². The summed E-state index contributed by atoms with van der Waals surface area (Å²) in [7, 11) is 0. The Bertz CT molecular complexity index is 632. The lowest BCUT2D eigenvalue weighted by Gasteiger charge is -2.22. The number of rotatable bonds is 36. The smallest absolute Gasteiger partial charge is 0.309 e. The number of ether oxygens (including phenoxy) is 1. The first-order chi connectivity index (χ1) is 22.0. The van der Waals surface area contributed by atoms with Crippen molar-refractivity contribution < 1.29 is 19.4 Å². The van der Waals surface area contributed by atoms with Crippen molar-refractivity contribution in [1.29, 1.82) is 0 Å². The second-order valence-corrected chi connectivity index (χ2v) is 14.1. The maximum Gasteiger partial charge on any atom is 0.309 e. The second kappa shape index (κ2) is 34.2. The lowest BCUT2D eigenvalue weighted by Crippen LogP contribution is -2.28. The normalized spacial score (nSPS) is 12.9. The van der Waals surface area contributed by atoms with Crippen LogP contribution in [0.4, 0.5) is 0 Å². The van der Waals surface area contributed by atoms with Crippen LogP contribution in [0.5, 0.6) is 0 Å². The standard InChI is InChI=1S/C40H79NO4/c1-5-9-13-15-17-18-19-20-21-22-24-26-30-37(29-25-23-16-14-10-6-2)36-45-40(44)38(35-39(42)43)31-27-28-34-41(32-11-7-3)33-12-8-4/h37-38H,5-36H2,1-4H3,(H,42,43). The highest BCUT2D eigenvalue weighted by Gasteiger charge is 2.24. The van der Waals surface area contributed by atoms with E-state index >= 15 is 0 Å². The van der Waals surface area contributed by atoms with Gasteiger partial charge in [0.05, 0.1) is 18.9 Å². The molecule has 2 atom stereocenters. The zero-order chi connectivity index (χ0) is 33.2. The van der Waals surface area contributed by atoms with Gasteiger partial charge in [-0.1, -0.05) is 163 Å². The number of carboxylic acid groups (broad SMARTS) is 1. The van der Waals surface area contributed by atoms with Gasteiger partial charge in [-0.15, -0.1) is 0 Å². The molecule has 0 aromatic heterocycles. The van der Waals surface area contributed by atoms with E-state index in [0.717, 1.165) is 45.3 Å². The van der Waals surface area contributed by atoms with Crippen LogP contribution in [0, 0.1) is 11.8 Å². The SMILES string of the molecule is CCCCCCCCCCCCCCC(CCCCCCCC)COC(=O)C(CCCCN(CCCC)CCCC)CC(=O)O. The predicted octanol–water partition coefficient (Wildman–Crippen LogP) is 12.2. The number of hydrogen-bond donors (Lipinski definition) is 1. The van der Waals surface area contributed by atoms with Crippen molar-refractivity contribution in [2.75, 3.05) is 26.2 Å². The molecule has 0 aromatic carbocycles. The van der Waals surface area contributed by atoms with Gasteiger partial charge in [0.1, 0.15) is 0 Å². The quantitative estimate of drug-likeness (QED) is 0.0547. The predicted molar refractivity (Wildman–Crippen MR) is 194 cm³/mol. The Hall–Kier alpha value is -1.10. The van der Waals surface area contributed by atoms with E-state index in [2.05, 4.69) is 32.6 Å². The van der Waals surface area contributed by atoms with E-state index in [1.807, 2.05) is 0 Å². The van der Waals surface area contributed by atoms with Crippen molar-refractivity contribution in [3.8, 4) is 0 Å². The molecule has 0 saturated carbocycles. The molecule has 1 N–H and O–H groups in total. The van der Waals surface area contributed by atoms with Crippen molar-refractivity contribution >= 4 is 11.9 Å². The third-order valence-electron chi connectivity index (χ3n) is 9.58. The van der Waals surface area contributed by atoms with E-state index in [1.54, 1.807) is 0 Å². The van der Waals surface area contributed by atoms with Crippen LogP contribution in [0.15, 0.2) is 0 Å². The maximum atomic E-state index is 13.1. The average molecular weight is 638 g/mol. The van der Waals surface area contributed by atoms with Gasteiger partial charge in [0.25, 0.3) is 0 Å². The molecule has 268 valence electrons.